The van der Waals surface area contributed by atoms with E-state index in [0.29, 0.717) is 18.4 Å². The van der Waals surface area contributed by atoms with Crippen molar-refractivity contribution in [3.05, 3.63) is 133 Å². The zero-order chi connectivity index (χ0) is 30.9. The van der Waals surface area contributed by atoms with Crippen molar-refractivity contribution < 1.29 is 19.4 Å². The Bertz CT molecular complexity index is 1560. The number of rotatable bonds is 13. The van der Waals surface area contributed by atoms with Crippen LogP contribution >= 0.6 is 34.6 Å². The molecule has 0 aliphatic carbocycles. The Kier molecular flexibility index (Phi) is 11.0. The van der Waals surface area contributed by atoms with E-state index in [0.717, 1.165) is 38.1 Å². The highest BCUT2D eigenvalue weighted by molar-refractivity contribution is 9.09. The molecule has 1 aliphatic rings. The molecule has 1 atom stereocenters. The zero-order valence-corrected chi connectivity index (χ0v) is 27.6. The van der Waals surface area contributed by atoms with Crippen molar-refractivity contribution >= 4 is 67.8 Å². The Hall–Kier alpha value is -3.35. The molecule has 5 nitrogen and oxygen atoms in total. The van der Waals surface area contributed by atoms with Crippen LogP contribution in [0.2, 0.25) is 0 Å². The third-order valence-corrected chi connectivity index (χ3v) is 13.4. The number of aryl methyl sites for hydroxylation is 1. The number of aliphatic hydroxyl groups excluding tert-OH is 1. The van der Waals surface area contributed by atoms with E-state index >= 15 is 0 Å². The van der Waals surface area contributed by atoms with E-state index in [-0.39, 0.29) is 24.4 Å². The normalized spacial score (nSPS) is 14.5. The number of hydrogen-bond donors (Lipinski definition) is 1. The predicted octanol–water partition coefficient (Wildman–Crippen LogP) is 5.31. The molecule has 4 aromatic rings. The lowest BCUT2D eigenvalue weighted by Crippen LogP contribution is -2.61. The molecule has 0 bridgehead atoms. The number of amides is 1. The van der Waals surface area contributed by atoms with Gasteiger partial charge in [0.1, 0.15) is 17.3 Å². The van der Waals surface area contributed by atoms with E-state index < -0.39 is 12.9 Å². The predicted molar refractivity (Wildman–Crippen MR) is 187 cm³/mol. The minimum Gasteiger partial charge on any atom is -0.457 e. The SMILES string of the molecule is C=CCOC(=O)C(N1CC(Sc2ccc(CCBr)c(CCO)c2)C1=O)=P(c1ccccc1)(c1ccccc1)c1ccccc1. The number of halogens is 1. The molecular weight excluding hydrogens is 653 g/mol. The molecular formula is C36H35BrNO4PS. The number of β-lactam (4-membered cyclic amide) rings is 1. The number of ether oxygens (including phenoxy) is 1. The van der Waals surface area contributed by atoms with Gasteiger partial charge in [-0.05, 0) is 52.0 Å². The van der Waals surface area contributed by atoms with Gasteiger partial charge in [-0.25, -0.2) is 4.79 Å². The number of benzene rings is 4. The molecule has 0 aromatic heterocycles. The third kappa shape index (κ3) is 6.52. The molecule has 1 unspecified atom stereocenters. The first-order valence-corrected chi connectivity index (χ1v) is 18.3. The molecule has 0 radical (unpaired) electrons. The molecule has 226 valence electrons. The average Bonchev–Trinajstić information content (AvgIpc) is 3.07. The number of esters is 1. The number of aliphatic hydroxyl groups is 1. The zero-order valence-electron chi connectivity index (χ0n) is 24.3. The molecule has 44 heavy (non-hydrogen) atoms. The number of nitrogens with zero attached hydrogens (tertiary/aromatic N) is 1. The quantitative estimate of drug-likeness (QED) is 0.0679. The van der Waals surface area contributed by atoms with Crippen LogP contribution in [0.1, 0.15) is 11.1 Å². The average molecular weight is 689 g/mol. The highest BCUT2D eigenvalue weighted by Crippen LogP contribution is 2.48. The maximum Gasteiger partial charge on any atom is 0.356 e. The first-order chi connectivity index (χ1) is 21.5. The van der Waals surface area contributed by atoms with E-state index in [2.05, 4.69) is 34.6 Å². The van der Waals surface area contributed by atoms with Gasteiger partial charge < -0.3 is 14.7 Å². The number of hydrogen-bond acceptors (Lipinski definition) is 5. The fraction of sp³-hybridized carbons (Fsp3) is 0.194. The Morgan fingerprint density at radius 3 is 1.95 bits per heavy atom. The molecule has 0 saturated carbocycles. The number of carbonyl (C=O) groups is 2. The van der Waals surface area contributed by atoms with Gasteiger partial charge in [0.15, 0.2) is 0 Å². The smallest absolute Gasteiger partial charge is 0.356 e. The summed E-state index contributed by atoms with van der Waals surface area (Å²) in [6.07, 6.45) is 2.97. The molecule has 8 heteroatoms. The Balaban J connectivity index is 1.66. The second-order valence-electron chi connectivity index (χ2n) is 10.3. The summed E-state index contributed by atoms with van der Waals surface area (Å²) in [7, 11) is 0. The van der Waals surface area contributed by atoms with Crippen molar-refractivity contribution in [3.63, 3.8) is 0 Å². The van der Waals surface area contributed by atoms with Crippen LogP contribution in [0.5, 0.6) is 0 Å². The lowest BCUT2D eigenvalue weighted by Gasteiger charge is -2.43. The lowest BCUT2D eigenvalue weighted by molar-refractivity contribution is -0.140. The van der Waals surface area contributed by atoms with Crippen LogP contribution in [-0.4, -0.2) is 57.6 Å². The molecule has 1 N–H and O–H groups in total. The van der Waals surface area contributed by atoms with Crippen molar-refractivity contribution in [3.8, 4) is 0 Å². The second-order valence-corrected chi connectivity index (χ2v) is 15.7. The van der Waals surface area contributed by atoms with Crippen molar-refractivity contribution in [1.29, 1.82) is 0 Å². The highest BCUT2D eigenvalue weighted by atomic mass is 79.9. The molecule has 1 heterocycles. The monoisotopic (exact) mass is 687 g/mol. The summed E-state index contributed by atoms with van der Waals surface area (Å²) < 4.78 is 5.77. The fourth-order valence-corrected chi connectivity index (χ4v) is 11.5. The molecule has 1 aliphatic heterocycles. The number of carbonyl (C=O) groups excluding carboxylic acids is 2. The molecule has 1 fully saturated rings. The van der Waals surface area contributed by atoms with Gasteiger partial charge in [-0.2, -0.15) is 0 Å². The summed E-state index contributed by atoms with van der Waals surface area (Å²) in [4.78, 5) is 31.0. The lowest BCUT2D eigenvalue weighted by atomic mass is 10.0. The van der Waals surface area contributed by atoms with Crippen molar-refractivity contribution in [2.75, 3.05) is 25.1 Å². The largest absolute Gasteiger partial charge is 0.457 e. The number of likely N-dealkylation sites (tertiary alicyclic amines) is 1. The van der Waals surface area contributed by atoms with E-state index in [9.17, 15) is 14.7 Å². The molecule has 1 amide bonds. The molecule has 5 rings (SSSR count). The third-order valence-electron chi connectivity index (χ3n) is 7.61. The van der Waals surface area contributed by atoms with E-state index in [4.69, 9.17) is 4.74 Å². The Morgan fingerprint density at radius 1 is 0.909 bits per heavy atom. The first-order valence-electron chi connectivity index (χ1n) is 14.5. The van der Waals surface area contributed by atoms with Crippen LogP contribution < -0.4 is 15.9 Å². The minimum atomic E-state index is -2.89. The standard InChI is InChI=1S/C36H35BrNO4PS/c1-2-24-42-36(41)35(38-26-33(34(38)40)44-32-19-18-27(20-22-37)28(25-32)21-23-39)43(29-12-6-3-7-13-29,30-14-8-4-9-15-30)31-16-10-5-11-17-31/h2-19,25,33,39H,1,20-24,26H2. The van der Waals surface area contributed by atoms with Crippen LogP contribution in [0.3, 0.4) is 0 Å². The van der Waals surface area contributed by atoms with Gasteiger partial charge in [0.2, 0.25) is 5.91 Å². The second kappa shape index (κ2) is 15.1. The van der Waals surface area contributed by atoms with Gasteiger partial charge in [0.05, 0.1) is 0 Å². The van der Waals surface area contributed by atoms with Crippen molar-refractivity contribution in [1.82, 2.24) is 4.90 Å². The summed E-state index contributed by atoms with van der Waals surface area (Å²) in [5, 5.41) is 13.0. The Labute approximate surface area is 272 Å². The van der Waals surface area contributed by atoms with Gasteiger partial charge in [-0.1, -0.05) is 126 Å². The van der Waals surface area contributed by atoms with Gasteiger partial charge in [0.25, 0.3) is 0 Å². The summed E-state index contributed by atoms with van der Waals surface area (Å²) in [6, 6.07) is 36.2. The number of alkyl halides is 1. The van der Waals surface area contributed by atoms with Crippen LogP contribution in [-0.2, 0) is 27.2 Å². The minimum absolute atomic E-state index is 0.0370. The maximum atomic E-state index is 14.2. The number of thioether (sulfide) groups is 1. The molecule has 4 aromatic carbocycles. The van der Waals surface area contributed by atoms with E-state index in [1.165, 1.54) is 17.3 Å². The topological polar surface area (TPSA) is 66.8 Å². The van der Waals surface area contributed by atoms with Gasteiger partial charge in [-0.3, -0.25) is 4.79 Å². The van der Waals surface area contributed by atoms with Crippen LogP contribution in [0.25, 0.3) is 0 Å². The van der Waals surface area contributed by atoms with Gasteiger partial charge in [0, 0.05) is 30.3 Å². The summed E-state index contributed by atoms with van der Waals surface area (Å²) in [5.74, 6) is -0.642. The first kappa shape index (κ1) is 32.1. The van der Waals surface area contributed by atoms with Gasteiger partial charge in [-0.15, -0.1) is 11.8 Å². The maximum absolute atomic E-state index is 14.2. The van der Waals surface area contributed by atoms with E-state index in [1.807, 2.05) is 97.1 Å². The van der Waals surface area contributed by atoms with Crippen molar-refractivity contribution in [2.24, 2.45) is 0 Å². The fourth-order valence-electron chi connectivity index (χ4n) is 5.61. The summed E-state index contributed by atoms with van der Waals surface area (Å²) in [5.41, 5.74) is 2.65. The van der Waals surface area contributed by atoms with Crippen LogP contribution in [0.15, 0.2) is 127 Å². The van der Waals surface area contributed by atoms with Crippen LogP contribution in [0.4, 0.5) is 0 Å². The van der Waals surface area contributed by atoms with Gasteiger partial charge >= 0.3 is 5.97 Å². The Morgan fingerprint density at radius 2 is 1.48 bits per heavy atom. The van der Waals surface area contributed by atoms with E-state index in [1.54, 1.807) is 11.0 Å². The summed E-state index contributed by atoms with van der Waals surface area (Å²) >= 11 is 5.01. The highest BCUT2D eigenvalue weighted by Gasteiger charge is 2.47. The summed E-state index contributed by atoms with van der Waals surface area (Å²) in [6.45, 7) is 1.32. The van der Waals surface area contributed by atoms with Crippen molar-refractivity contribution in [2.45, 2.75) is 23.0 Å². The molecule has 1 saturated heterocycles. The molecule has 0 spiro atoms. The van der Waals surface area contributed by atoms with Crippen LogP contribution in [0, 0.1) is 0 Å².